The summed E-state index contributed by atoms with van der Waals surface area (Å²) in [6, 6.07) is 0. The maximum absolute atomic E-state index is 11.5. The Balaban J connectivity index is 2.62. The van der Waals surface area contributed by atoms with Gasteiger partial charge >= 0.3 is 11.9 Å². The second kappa shape index (κ2) is 6.42. The van der Waals surface area contributed by atoms with Crippen LogP contribution in [-0.4, -0.2) is 25.2 Å². The summed E-state index contributed by atoms with van der Waals surface area (Å²) in [4.78, 5) is 23.1. The zero-order valence-corrected chi connectivity index (χ0v) is 10.7. The molecule has 0 N–H and O–H groups in total. The Morgan fingerprint density at radius 3 is 2.47 bits per heavy atom. The molecule has 1 atom stereocenters. The van der Waals surface area contributed by atoms with Gasteiger partial charge in [-0.25, -0.2) is 4.79 Å². The number of allylic oxidation sites excluding steroid dienone is 1. The largest absolute Gasteiger partial charge is 0.466 e. The molecule has 0 saturated heterocycles. The summed E-state index contributed by atoms with van der Waals surface area (Å²) in [5.74, 6) is -0.513. The van der Waals surface area contributed by atoms with Crippen LogP contribution in [0.25, 0.3) is 0 Å². The minimum absolute atomic E-state index is 0.0886. The van der Waals surface area contributed by atoms with Crippen molar-refractivity contribution in [3.8, 4) is 0 Å². The fourth-order valence-corrected chi connectivity index (χ4v) is 2.04. The third-order valence-electron chi connectivity index (χ3n) is 3.02. The molecule has 0 spiro atoms. The first-order valence-electron chi connectivity index (χ1n) is 6.12. The molecule has 0 bridgehead atoms. The van der Waals surface area contributed by atoms with Crippen LogP contribution in [0.3, 0.4) is 0 Å². The van der Waals surface area contributed by atoms with Gasteiger partial charge in [0.1, 0.15) is 0 Å². The Labute approximate surface area is 102 Å². The smallest absolute Gasteiger partial charge is 0.333 e. The van der Waals surface area contributed by atoms with Crippen LogP contribution in [0.1, 0.15) is 40.0 Å². The van der Waals surface area contributed by atoms with E-state index in [-0.39, 0.29) is 17.9 Å². The molecule has 0 heterocycles. The zero-order valence-electron chi connectivity index (χ0n) is 10.7. The quantitative estimate of drug-likeness (QED) is 0.558. The van der Waals surface area contributed by atoms with E-state index >= 15 is 0 Å². The second-order valence-corrected chi connectivity index (χ2v) is 4.14. The SMILES string of the molecule is CCOC(=O)/C(C)=C1/CCC(C(=O)OCC)C1. The molecule has 0 aliphatic heterocycles. The van der Waals surface area contributed by atoms with E-state index in [2.05, 4.69) is 0 Å². The van der Waals surface area contributed by atoms with Crippen molar-refractivity contribution >= 4 is 11.9 Å². The summed E-state index contributed by atoms with van der Waals surface area (Å²) < 4.78 is 9.93. The van der Waals surface area contributed by atoms with Crippen LogP contribution in [-0.2, 0) is 19.1 Å². The first-order valence-corrected chi connectivity index (χ1v) is 6.12. The molecular weight excluding hydrogens is 220 g/mol. The minimum atomic E-state index is -0.271. The molecule has 0 aromatic rings. The fraction of sp³-hybridized carbons (Fsp3) is 0.692. The predicted octanol–water partition coefficient (Wildman–Crippen LogP) is 2.23. The first-order chi connectivity index (χ1) is 8.10. The highest BCUT2D eigenvalue weighted by atomic mass is 16.5. The summed E-state index contributed by atoms with van der Waals surface area (Å²) >= 11 is 0. The molecule has 1 fully saturated rings. The lowest BCUT2D eigenvalue weighted by molar-refractivity contribution is -0.147. The van der Waals surface area contributed by atoms with Crippen molar-refractivity contribution < 1.29 is 19.1 Å². The molecule has 1 aliphatic carbocycles. The van der Waals surface area contributed by atoms with Crippen LogP contribution < -0.4 is 0 Å². The fourth-order valence-electron chi connectivity index (χ4n) is 2.04. The topological polar surface area (TPSA) is 52.6 Å². The third kappa shape index (κ3) is 3.58. The average molecular weight is 240 g/mol. The zero-order chi connectivity index (χ0) is 12.8. The second-order valence-electron chi connectivity index (χ2n) is 4.14. The van der Waals surface area contributed by atoms with Gasteiger partial charge in [-0.2, -0.15) is 0 Å². The molecular formula is C13H20O4. The molecule has 4 heteroatoms. The Kier molecular flexibility index (Phi) is 5.19. The Hall–Kier alpha value is -1.32. The molecule has 1 aliphatic rings. The van der Waals surface area contributed by atoms with Gasteiger partial charge in [0.05, 0.1) is 19.1 Å². The Bertz CT molecular complexity index is 330. The van der Waals surface area contributed by atoms with Crippen LogP contribution in [0.2, 0.25) is 0 Å². The van der Waals surface area contributed by atoms with Gasteiger partial charge < -0.3 is 9.47 Å². The van der Waals surface area contributed by atoms with Crippen molar-refractivity contribution in [1.82, 2.24) is 0 Å². The highest BCUT2D eigenvalue weighted by Crippen LogP contribution is 2.33. The summed E-state index contributed by atoms with van der Waals surface area (Å²) in [6.45, 7) is 6.14. The number of hydrogen-bond acceptors (Lipinski definition) is 4. The van der Waals surface area contributed by atoms with E-state index in [4.69, 9.17) is 9.47 Å². The van der Waals surface area contributed by atoms with Gasteiger partial charge in [0.25, 0.3) is 0 Å². The number of carbonyl (C=O) groups excluding carboxylic acids is 2. The normalized spacial score (nSPS) is 22.2. The number of ether oxygens (including phenoxy) is 2. The summed E-state index contributed by atoms with van der Waals surface area (Å²) in [7, 11) is 0. The Morgan fingerprint density at radius 1 is 1.24 bits per heavy atom. The van der Waals surface area contributed by atoms with Crippen molar-refractivity contribution in [2.24, 2.45) is 5.92 Å². The van der Waals surface area contributed by atoms with Gasteiger partial charge in [0.15, 0.2) is 0 Å². The molecule has 96 valence electrons. The molecule has 1 unspecified atom stereocenters. The number of rotatable bonds is 4. The molecule has 17 heavy (non-hydrogen) atoms. The van der Waals surface area contributed by atoms with E-state index < -0.39 is 0 Å². The van der Waals surface area contributed by atoms with Gasteiger partial charge in [-0.05, 0) is 40.0 Å². The molecule has 1 rings (SSSR count). The summed E-state index contributed by atoms with van der Waals surface area (Å²) in [6.07, 6.45) is 2.18. The van der Waals surface area contributed by atoms with Crippen molar-refractivity contribution in [3.63, 3.8) is 0 Å². The number of hydrogen-bond donors (Lipinski definition) is 0. The van der Waals surface area contributed by atoms with Crippen molar-refractivity contribution in [3.05, 3.63) is 11.1 Å². The number of esters is 2. The summed E-state index contributed by atoms with van der Waals surface area (Å²) in [5, 5.41) is 0. The molecule has 1 saturated carbocycles. The van der Waals surface area contributed by atoms with Gasteiger partial charge in [0.2, 0.25) is 0 Å². The highest BCUT2D eigenvalue weighted by molar-refractivity contribution is 5.89. The van der Waals surface area contributed by atoms with Crippen LogP contribution >= 0.6 is 0 Å². The highest BCUT2D eigenvalue weighted by Gasteiger charge is 2.29. The summed E-state index contributed by atoms with van der Waals surface area (Å²) in [5.41, 5.74) is 1.68. The van der Waals surface area contributed by atoms with E-state index in [0.29, 0.717) is 25.2 Å². The minimum Gasteiger partial charge on any atom is -0.466 e. The molecule has 0 aromatic carbocycles. The molecule has 0 aromatic heterocycles. The lowest BCUT2D eigenvalue weighted by Crippen LogP contribution is -2.14. The predicted molar refractivity (Wildman–Crippen MR) is 63.3 cm³/mol. The van der Waals surface area contributed by atoms with Crippen LogP contribution in [0.15, 0.2) is 11.1 Å². The maximum atomic E-state index is 11.5. The van der Waals surface area contributed by atoms with Gasteiger partial charge in [-0.1, -0.05) is 5.57 Å². The van der Waals surface area contributed by atoms with E-state index in [1.165, 1.54) is 0 Å². The van der Waals surface area contributed by atoms with Gasteiger partial charge in [-0.15, -0.1) is 0 Å². The molecule has 4 nitrogen and oxygen atoms in total. The third-order valence-corrected chi connectivity index (χ3v) is 3.02. The molecule has 0 amide bonds. The lowest BCUT2D eigenvalue weighted by Gasteiger charge is -2.08. The average Bonchev–Trinajstić information content (AvgIpc) is 2.78. The first kappa shape index (κ1) is 13.7. The lowest BCUT2D eigenvalue weighted by atomic mass is 10.1. The molecule has 0 radical (unpaired) electrons. The maximum Gasteiger partial charge on any atom is 0.333 e. The van der Waals surface area contributed by atoms with Crippen molar-refractivity contribution in [1.29, 1.82) is 0 Å². The van der Waals surface area contributed by atoms with Crippen LogP contribution in [0.5, 0.6) is 0 Å². The monoisotopic (exact) mass is 240 g/mol. The van der Waals surface area contributed by atoms with Crippen molar-refractivity contribution in [2.45, 2.75) is 40.0 Å². The van der Waals surface area contributed by atoms with Crippen molar-refractivity contribution in [2.75, 3.05) is 13.2 Å². The Morgan fingerprint density at radius 2 is 1.88 bits per heavy atom. The van der Waals surface area contributed by atoms with Crippen LogP contribution in [0, 0.1) is 5.92 Å². The van der Waals surface area contributed by atoms with E-state index in [1.807, 2.05) is 0 Å². The van der Waals surface area contributed by atoms with E-state index in [0.717, 1.165) is 18.4 Å². The number of carbonyl (C=O) groups is 2. The standard InChI is InChI=1S/C13H20O4/c1-4-16-12(14)9(3)10-6-7-11(8-10)13(15)17-5-2/h11H,4-8H2,1-3H3/b10-9-. The van der Waals surface area contributed by atoms with E-state index in [1.54, 1.807) is 20.8 Å². The van der Waals surface area contributed by atoms with Crippen LogP contribution in [0.4, 0.5) is 0 Å². The van der Waals surface area contributed by atoms with E-state index in [9.17, 15) is 9.59 Å². The van der Waals surface area contributed by atoms with Gasteiger partial charge in [0, 0.05) is 5.57 Å². The van der Waals surface area contributed by atoms with Gasteiger partial charge in [-0.3, -0.25) is 4.79 Å².